The average Bonchev–Trinajstić information content (AvgIpc) is 2.86. The molecule has 0 spiro atoms. The van der Waals surface area contributed by atoms with Gasteiger partial charge in [-0.15, -0.1) is 0 Å². The molecule has 4 rings (SSSR count). The summed E-state index contributed by atoms with van der Waals surface area (Å²) in [5, 5.41) is 10.3. The number of ether oxygens (including phenoxy) is 1. The van der Waals surface area contributed by atoms with Gasteiger partial charge in [-0.2, -0.15) is 5.26 Å². The summed E-state index contributed by atoms with van der Waals surface area (Å²) in [5.41, 5.74) is 9.22. The zero-order valence-corrected chi connectivity index (χ0v) is 19.5. The van der Waals surface area contributed by atoms with Crippen molar-refractivity contribution in [1.82, 2.24) is 14.8 Å². The minimum Gasteiger partial charge on any atom is -0.449 e. The molecular formula is C25H24ClN5O3. The van der Waals surface area contributed by atoms with Gasteiger partial charge in [0.05, 0.1) is 41.0 Å². The Balaban J connectivity index is 1.55. The average molecular weight is 478 g/mol. The number of hydrogen-bond donors (Lipinski definition) is 1. The Bertz CT molecular complexity index is 1270. The van der Waals surface area contributed by atoms with Gasteiger partial charge in [0.2, 0.25) is 0 Å². The Kier molecular flexibility index (Phi) is 6.96. The third-order valence-corrected chi connectivity index (χ3v) is 6.00. The van der Waals surface area contributed by atoms with Gasteiger partial charge in [-0.25, -0.2) is 9.78 Å². The third-order valence-electron chi connectivity index (χ3n) is 5.69. The lowest BCUT2D eigenvalue weighted by molar-refractivity contribution is 0.0390. The van der Waals surface area contributed by atoms with Crippen molar-refractivity contribution in [2.45, 2.75) is 19.5 Å². The maximum atomic E-state index is 13.2. The summed E-state index contributed by atoms with van der Waals surface area (Å²) < 4.78 is 5.17. The lowest BCUT2D eigenvalue weighted by Crippen LogP contribution is -2.60. The predicted octanol–water partition coefficient (Wildman–Crippen LogP) is 4.02. The Morgan fingerprint density at radius 1 is 1.21 bits per heavy atom. The van der Waals surface area contributed by atoms with Crippen molar-refractivity contribution in [3.63, 3.8) is 0 Å². The van der Waals surface area contributed by atoms with Crippen molar-refractivity contribution in [2.24, 2.45) is 5.73 Å². The summed E-state index contributed by atoms with van der Waals surface area (Å²) in [5.74, 6) is -0.194. The highest BCUT2D eigenvalue weighted by molar-refractivity contribution is 6.35. The van der Waals surface area contributed by atoms with Crippen molar-refractivity contribution in [3.8, 4) is 17.3 Å². The Morgan fingerprint density at radius 2 is 1.97 bits per heavy atom. The first-order valence-electron chi connectivity index (χ1n) is 11.0. The molecule has 8 nitrogen and oxygen atoms in total. The molecule has 2 amide bonds. The molecule has 0 radical (unpaired) electrons. The lowest BCUT2D eigenvalue weighted by Gasteiger charge is -2.38. The molecule has 2 heterocycles. The first-order chi connectivity index (χ1) is 16.4. The largest absolute Gasteiger partial charge is 0.449 e. The van der Waals surface area contributed by atoms with E-state index in [0.717, 1.165) is 17.4 Å². The fourth-order valence-corrected chi connectivity index (χ4v) is 4.12. The normalized spacial score (nSPS) is 15.8. The third kappa shape index (κ3) is 4.81. The molecule has 34 heavy (non-hydrogen) atoms. The van der Waals surface area contributed by atoms with Gasteiger partial charge < -0.3 is 15.4 Å². The van der Waals surface area contributed by atoms with Crippen LogP contribution in [0, 0.1) is 11.3 Å². The van der Waals surface area contributed by atoms with Crippen LogP contribution in [0.2, 0.25) is 5.02 Å². The van der Waals surface area contributed by atoms with Gasteiger partial charge in [0.15, 0.2) is 0 Å². The molecular weight excluding hydrogens is 454 g/mol. The van der Waals surface area contributed by atoms with E-state index in [9.17, 15) is 9.59 Å². The topological polar surface area (TPSA) is 113 Å². The highest BCUT2D eigenvalue weighted by Gasteiger charge is 2.31. The van der Waals surface area contributed by atoms with Gasteiger partial charge in [0.1, 0.15) is 6.17 Å². The van der Waals surface area contributed by atoms with E-state index < -0.39 is 12.3 Å². The number of piperazine rings is 1. The number of nitrogens with two attached hydrogens (primary N) is 1. The van der Waals surface area contributed by atoms with Crippen molar-refractivity contribution in [1.29, 1.82) is 5.26 Å². The summed E-state index contributed by atoms with van der Waals surface area (Å²) >= 11 is 6.50. The first-order valence-corrected chi connectivity index (χ1v) is 11.4. The molecule has 1 aliphatic heterocycles. The van der Waals surface area contributed by atoms with Gasteiger partial charge in [-0.1, -0.05) is 36.7 Å². The van der Waals surface area contributed by atoms with Crippen molar-refractivity contribution < 1.29 is 14.3 Å². The monoisotopic (exact) mass is 477 g/mol. The van der Waals surface area contributed by atoms with Gasteiger partial charge in [-0.05, 0) is 36.8 Å². The summed E-state index contributed by atoms with van der Waals surface area (Å²) in [6, 6.07) is 16.1. The van der Waals surface area contributed by atoms with Crippen LogP contribution in [0.5, 0.6) is 0 Å². The SMILES string of the molecule is CCCOC(=O)N1CCN(C(=O)c2ccc3c(Cl)cc(-c4ccc(C#N)cc4)nc3c2)C[C@H]1N. The number of carbonyl (C=O) groups excluding carboxylic acids is 2. The van der Waals surface area contributed by atoms with Crippen LogP contribution in [0.3, 0.4) is 0 Å². The van der Waals surface area contributed by atoms with Crippen LogP contribution in [0.25, 0.3) is 22.2 Å². The number of amides is 2. The second-order valence-corrected chi connectivity index (χ2v) is 8.44. The molecule has 174 valence electrons. The number of pyridine rings is 1. The Labute approximate surface area is 202 Å². The van der Waals surface area contributed by atoms with Crippen LogP contribution >= 0.6 is 11.6 Å². The first kappa shape index (κ1) is 23.5. The number of carbonyl (C=O) groups is 2. The Morgan fingerprint density at radius 3 is 2.65 bits per heavy atom. The number of nitriles is 1. The van der Waals surface area contributed by atoms with E-state index in [1.807, 2.05) is 19.1 Å². The molecule has 9 heteroatoms. The molecule has 1 fully saturated rings. The van der Waals surface area contributed by atoms with E-state index >= 15 is 0 Å². The molecule has 1 aliphatic rings. The smallest absolute Gasteiger partial charge is 0.411 e. The van der Waals surface area contributed by atoms with Gasteiger partial charge in [0, 0.05) is 29.6 Å². The fraction of sp³-hybridized carbons (Fsp3) is 0.280. The standard InChI is InChI=1S/C25H24ClN5O3/c1-2-11-34-25(33)31-10-9-30(15-23(31)28)24(32)18-7-8-19-20(26)13-21(29-22(19)12-18)17-5-3-16(14-27)4-6-17/h3-8,12-13,23H,2,9-11,15,28H2,1H3/t23-/m0/s1. The van der Waals surface area contributed by atoms with Crippen LogP contribution in [-0.4, -0.2) is 59.2 Å². The number of hydrogen-bond acceptors (Lipinski definition) is 6. The Hall–Kier alpha value is -3.67. The summed E-state index contributed by atoms with van der Waals surface area (Å²) in [4.78, 5) is 33.1. The van der Waals surface area contributed by atoms with Gasteiger partial charge in [0.25, 0.3) is 5.91 Å². The molecule has 2 aromatic carbocycles. The fourth-order valence-electron chi connectivity index (χ4n) is 3.86. The minimum atomic E-state index is -0.641. The number of nitrogens with zero attached hydrogens (tertiary/aromatic N) is 4. The van der Waals surface area contributed by atoms with E-state index in [0.29, 0.717) is 47.1 Å². The number of benzene rings is 2. The van der Waals surface area contributed by atoms with Crippen LogP contribution in [-0.2, 0) is 4.74 Å². The van der Waals surface area contributed by atoms with Crippen LogP contribution in [0.1, 0.15) is 29.3 Å². The van der Waals surface area contributed by atoms with E-state index in [-0.39, 0.29) is 12.5 Å². The molecule has 0 bridgehead atoms. The van der Waals surface area contributed by atoms with Crippen molar-refractivity contribution in [2.75, 3.05) is 26.2 Å². The maximum absolute atomic E-state index is 13.2. The maximum Gasteiger partial charge on any atom is 0.411 e. The molecule has 3 aromatic rings. The summed E-state index contributed by atoms with van der Waals surface area (Å²) in [6.07, 6.45) is -0.369. The zero-order valence-electron chi connectivity index (χ0n) is 18.7. The number of aromatic nitrogens is 1. The highest BCUT2D eigenvalue weighted by atomic mass is 35.5. The number of fused-ring (bicyclic) bond motifs is 1. The molecule has 0 unspecified atom stereocenters. The van der Waals surface area contributed by atoms with E-state index in [2.05, 4.69) is 6.07 Å². The van der Waals surface area contributed by atoms with Crippen molar-refractivity contribution in [3.05, 3.63) is 64.7 Å². The van der Waals surface area contributed by atoms with Gasteiger partial charge in [-0.3, -0.25) is 9.69 Å². The van der Waals surface area contributed by atoms with Crippen LogP contribution < -0.4 is 5.73 Å². The molecule has 1 saturated heterocycles. The van der Waals surface area contributed by atoms with Crippen LogP contribution in [0.4, 0.5) is 4.79 Å². The van der Waals surface area contributed by atoms with Crippen LogP contribution in [0.15, 0.2) is 48.5 Å². The van der Waals surface area contributed by atoms with E-state index in [1.54, 1.807) is 41.3 Å². The highest BCUT2D eigenvalue weighted by Crippen LogP contribution is 2.29. The molecule has 1 aromatic heterocycles. The summed E-state index contributed by atoms with van der Waals surface area (Å²) in [7, 11) is 0. The minimum absolute atomic E-state index is 0.194. The molecule has 1 atom stereocenters. The van der Waals surface area contributed by atoms with Gasteiger partial charge >= 0.3 is 6.09 Å². The number of rotatable bonds is 4. The quantitative estimate of drug-likeness (QED) is 0.607. The van der Waals surface area contributed by atoms with Crippen molar-refractivity contribution >= 4 is 34.5 Å². The molecule has 0 saturated carbocycles. The van der Waals surface area contributed by atoms with E-state index in [4.69, 9.17) is 32.3 Å². The number of halogens is 1. The molecule has 2 N–H and O–H groups in total. The zero-order chi connectivity index (χ0) is 24.2. The summed E-state index contributed by atoms with van der Waals surface area (Å²) in [6.45, 7) is 3.11. The molecule has 0 aliphatic carbocycles. The van der Waals surface area contributed by atoms with E-state index in [1.165, 1.54) is 4.90 Å². The lowest BCUT2D eigenvalue weighted by atomic mass is 10.1. The second-order valence-electron chi connectivity index (χ2n) is 8.04. The second kappa shape index (κ2) is 10.1. The predicted molar refractivity (Wildman–Crippen MR) is 129 cm³/mol.